The predicted octanol–water partition coefficient (Wildman–Crippen LogP) is 1.39. The van der Waals surface area contributed by atoms with E-state index in [2.05, 4.69) is 16.8 Å². The predicted molar refractivity (Wildman–Crippen MR) is 63.4 cm³/mol. The molecule has 0 unspecified atom stereocenters. The molecule has 0 saturated carbocycles. The molecule has 0 atom stereocenters. The second-order valence-electron chi connectivity index (χ2n) is 3.44. The van der Waals surface area contributed by atoms with Crippen LogP contribution in [0.5, 0.6) is 0 Å². The number of aromatic nitrogens is 2. The van der Waals surface area contributed by atoms with Crippen LogP contribution in [0.3, 0.4) is 0 Å². The van der Waals surface area contributed by atoms with Gasteiger partial charge in [0.05, 0.1) is 12.9 Å². The molecule has 0 aliphatic rings. The molecular weight excluding hydrogens is 198 g/mol. The molecule has 0 bridgehead atoms. The molecule has 0 radical (unpaired) electrons. The van der Waals surface area contributed by atoms with Gasteiger partial charge in [0.2, 0.25) is 0 Å². The van der Waals surface area contributed by atoms with Crippen molar-refractivity contribution in [2.75, 3.05) is 0 Å². The number of rotatable bonds is 2. The summed E-state index contributed by atoms with van der Waals surface area (Å²) in [5.41, 5.74) is 7.67. The summed E-state index contributed by atoms with van der Waals surface area (Å²) >= 11 is 0. The zero-order valence-corrected chi connectivity index (χ0v) is 8.93. The topological polar surface area (TPSA) is 43.8 Å². The summed E-state index contributed by atoms with van der Waals surface area (Å²) in [6.45, 7) is 1.21. The zero-order chi connectivity index (χ0) is 11.2. The molecule has 1 heterocycles. The van der Waals surface area contributed by atoms with Crippen LogP contribution in [0.15, 0.2) is 43.0 Å². The summed E-state index contributed by atoms with van der Waals surface area (Å²) in [5, 5.41) is 0. The van der Waals surface area contributed by atoms with Crippen LogP contribution < -0.4 is 5.73 Å². The Hall–Kier alpha value is -2.05. The average Bonchev–Trinajstić information content (AvgIpc) is 2.82. The second kappa shape index (κ2) is 5.15. The van der Waals surface area contributed by atoms with E-state index in [0.29, 0.717) is 13.1 Å². The van der Waals surface area contributed by atoms with Crippen molar-refractivity contribution >= 4 is 0 Å². The van der Waals surface area contributed by atoms with Crippen LogP contribution in [0.4, 0.5) is 0 Å². The van der Waals surface area contributed by atoms with Crippen LogP contribution in [-0.2, 0) is 13.1 Å². The summed E-state index contributed by atoms with van der Waals surface area (Å²) in [7, 11) is 0. The van der Waals surface area contributed by atoms with Gasteiger partial charge in [0, 0.05) is 24.5 Å². The lowest BCUT2D eigenvalue weighted by Gasteiger charge is -1.96. The SMILES string of the molecule is NCc1cccc(C#CCn2ccnc2)c1. The van der Waals surface area contributed by atoms with Crippen molar-refractivity contribution in [3.05, 3.63) is 54.1 Å². The van der Waals surface area contributed by atoms with Crippen molar-refractivity contribution in [1.29, 1.82) is 0 Å². The molecule has 0 spiro atoms. The highest BCUT2D eigenvalue weighted by molar-refractivity contribution is 5.37. The van der Waals surface area contributed by atoms with Crippen LogP contribution in [0.25, 0.3) is 0 Å². The van der Waals surface area contributed by atoms with Gasteiger partial charge >= 0.3 is 0 Å². The van der Waals surface area contributed by atoms with Crippen molar-refractivity contribution < 1.29 is 0 Å². The second-order valence-corrected chi connectivity index (χ2v) is 3.44. The Morgan fingerprint density at radius 1 is 1.38 bits per heavy atom. The van der Waals surface area contributed by atoms with Gasteiger partial charge in [-0.15, -0.1) is 0 Å². The maximum atomic E-state index is 5.56. The molecular formula is C13H13N3. The lowest BCUT2D eigenvalue weighted by Crippen LogP contribution is -1.96. The Balaban J connectivity index is 2.06. The first-order valence-electron chi connectivity index (χ1n) is 5.12. The monoisotopic (exact) mass is 211 g/mol. The summed E-state index contributed by atoms with van der Waals surface area (Å²) in [6.07, 6.45) is 5.40. The first-order chi connectivity index (χ1) is 7.88. The lowest BCUT2D eigenvalue weighted by molar-refractivity contribution is 0.840. The highest BCUT2D eigenvalue weighted by atomic mass is 15.0. The summed E-state index contributed by atoms with van der Waals surface area (Å²) in [4.78, 5) is 3.95. The Bertz CT molecular complexity index is 503. The number of hydrogen-bond donors (Lipinski definition) is 1. The van der Waals surface area contributed by atoms with Gasteiger partial charge < -0.3 is 10.3 Å². The highest BCUT2D eigenvalue weighted by Gasteiger charge is 1.90. The van der Waals surface area contributed by atoms with E-state index in [1.807, 2.05) is 35.0 Å². The van der Waals surface area contributed by atoms with Crippen molar-refractivity contribution in [1.82, 2.24) is 9.55 Å². The number of benzene rings is 1. The van der Waals surface area contributed by atoms with E-state index in [-0.39, 0.29) is 0 Å². The molecule has 0 amide bonds. The lowest BCUT2D eigenvalue weighted by atomic mass is 10.1. The van der Waals surface area contributed by atoms with Gasteiger partial charge in [-0.05, 0) is 17.7 Å². The van der Waals surface area contributed by atoms with Crippen molar-refractivity contribution in [3.8, 4) is 11.8 Å². The van der Waals surface area contributed by atoms with Gasteiger partial charge in [-0.1, -0.05) is 24.0 Å². The van der Waals surface area contributed by atoms with E-state index in [4.69, 9.17) is 5.73 Å². The third kappa shape index (κ3) is 2.72. The number of imidazole rings is 1. The van der Waals surface area contributed by atoms with Crippen LogP contribution in [0.1, 0.15) is 11.1 Å². The Morgan fingerprint density at radius 2 is 2.31 bits per heavy atom. The van der Waals surface area contributed by atoms with E-state index in [1.165, 1.54) is 0 Å². The maximum Gasteiger partial charge on any atom is 0.0954 e. The van der Waals surface area contributed by atoms with Crippen molar-refractivity contribution in [2.24, 2.45) is 5.73 Å². The minimum Gasteiger partial charge on any atom is -0.326 e. The van der Waals surface area contributed by atoms with Gasteiger partial charge in [0.15, 0.2) is 0 Å². The Kier molecular flexibility index (Phi) is 3.37. The molecule has 3 nitrogen and oxygen atoms in total. The van der Waals surface area contributed by atoms with Crippen molar-refractivity contribution in [3.63, 3.8) is 0 Å². The van der Waals surface area contributed by atoms with Crippen LogP contribution in [0, 0.1) is 11.8 Å². The first-order valence-corrected chi connectivity index (χ1v) is 5.12. The standard InChI is InChI=1S/C13H13N3/c14-10-13-4-1-3-12(9-13)5-2-7-16-8-6-15-11-16/h1,3-4,6,8-9,11H,7,10,14H2. The molecule has 2 rings (SSSR count). The molecule has 16 heavy (non-hydrogen) atoms. The molecule has 0 aliphatic carbocycles. The quantitative estimate of drug-likeness (QED) is 0.763. The molecule has 0 saturated heterocycles. The molecule has 0 fully saturated rings. The third-order valence-electron chi connectivity index (χ3n) is 2.22. The fraction of sp³-hybridized carbons (Fsp3) is 0.154. The largest absolute Gasteiger partial charge is 0.326 e. The van der Waals surface area contributed by atoms with Crippen LogP contribution >= 0.6 is 0 Å². The average molecular weight is 211 g/mol. The summed E-state index contributed by atoms with van der Waals surface area (Å²) in [5.74, 6) is 6.19. The Labute approximate surface area is 94.9 Å². The molecule has 2 aromatic rings. The van der Waals surface area contributed by atoms with Crippen molar-refractivity contribution in [2.45, 2.75) is 13.1 Å². The van der Waals surface area contributed by atoms with Gasteiger partial charge in [0.1, 0.15) is 0 Å². The van der Waals surface area contributed by atoms with Gasteiger partial charge in [0.25, 0.3) is 0 Å². The van der Waals surface area contributed by atoms with Gasteiger partial charge in [-0.25, -0.2) is 4.98 Å². The van der Waals surface area contributed by atoms with Crippen LogP contribution in [0.2, 0.25) is 0 Å². The summed E-state index contributed by atoms with van der Waals surface area (Å²) < 4.78 is 1.93. The third-order valence-corrected chi connectivity index (χ3v) is 2.22. The molecule has 2 N–H and O–H groups in total. The molecule has 0 aliphatic heterocycles. The molecule has 1 aromatic carbocycles. The maximum absolute atomic E-state index is 5.56. The number of hydrogen-bond acceptors (Lipinski definition) is 2. The minimum atomic E-state index is 0.553. The number of nitrogens with zero attached hydrogens (tertiary/aromatic N) is 2. The van der Waals surface area contributed by atoms with E-state index in [9.17, 15) is 0 Å². The minimum absolute atomic E-state index is 0.553. The van der Waals surface area contributed by atoms with E-state index in [0.717, 1.165) is 11.1 Å². The Morgan fingerprint density at radius 3 is 3.06 bits per heavy atom. The molecule has 80 valence electrons. The smallest absolute Gasteiger partial charge is 0.0954 e. The van der Waals surface area contributed by atoms with E-state index < -0.39 is 0 Å². The van der Waals surface area contributed by atoms with Gasteiger partial charge in [-0.2, -0.15) is 0 Å². The highest BCUT2D eigenvalue weighted by Crippen LogP contribution is 2.02. The fourth-order valence-electron chi connectivity index (χ4n) is 1.39. The first kappa shape index (κ1) is 10.5. The zero-order valence-electron chi connectivity index (χ0n) is 8.93. The summed E-state index contributed by atoms with van der Waals surface area (Å²) in [6, 6.07) is 7.98. The molecule has 1 aromatic heterocycles. The van der Waals surface area contributed by atoms with E-state index in [1.54, 1.807) is 12.5 Å². The molecule has 3 heteroatoms. The van der Waals surface area contributed by atoms with Gasteiger partial charge in [-0.3, -0.25) is 0 Å². The fourth-order valence-corrected chi connectivity index (χ4v) is 1.39. The normalized spacial score (nSPS) is 9.56. The van der Waals surface area contributed by atoms with Crippen LogP contribution in [-0.4, -0.2) is 9.55 Å². The van der Waals surface area contributed by atoms with E-state index >= 15 is 0 Å². The number of nitrogens with two attached hydrogens (primary N) is 1.